The number of hydrogen-bond acceptors (Lipinski definition) is 2. The van der Waals surface area contributed by atoms with Crippen molar-refractivity contribution in [1.82, 2.24) is 0 Å². The Balaban J connectivity index is 1.95. The number of carbonyl (C=O) groups excluding carboxylic acids is 1. The molecule has 2 aromatic carbocycles. The molecule has 5 heteroatoms. The van der Waals surface area contributed by atoms with E-state index >= 15 is 0 Å². The quantitative estimate of drug-likeness (QED) is 0.923. The summed E-state index contributed by atoms with van der Waals surface area (Å²) >= 11 is 5.65. The van der Waals surface area contributed by atoms with Crippen LogP contribution in [0, 0.1) is 19.7 Å². The van der Waals surface area contributed by atoms with Crippen LogP contribution in [0.15, 0.2) is 36.4 Å². The highest BCUT2D eigenvalue weighted by Crippen LogP contribution is 2.20. The average molecular weight is 308 g/mol. The van der Waals surface area contributed by atoms with Crippen LogP contribution in [0.3, 0.4) is 0 Å². The molecule has 0 unspecified atom stereocenters. The number of ether oxygens (including phenoxy) is 1. The zero-order valence-corrected chi connectivity index (χ0v) is 12.5. The normalized spacial score (nSPS) is 10.3. The predicted octanol–water partition coefficient (Wildman–Crippen LogP) is 4.11. The monoisotopic (exact) mass is 307 g/mol. The third-order valence-electron chi connectivity index (χ3n) is 2.91. The summed E-state index contributed by atoms with van der Waals surface area (Å²) in [6, 6.07) is 9.77. The van der Waals surface area contributed by atoms with Crippen LogP contribution in [-0.4, -0.2) is 12.5 Å². The molecule has 110 valence electrons. The lowest BCUT2D eigenvalue weighted by atomic mass is 10.1. The Bertz CT molecular complexity index is 673. The smallest absolute Gasteiger partial charge is 0.262 e. The molecule has 0 aliphatic heterocycles. The van der Waals surface area contributed by atoms with E-state index < -0.39 is 5.82 Å². The second-order valence-corrected chi connectivity index (χ2v) is 5.14. The van der Waals surface area contributed by atoms with Crippen LogP contribution in [0.1, 0.15) is 11.1 Å². The number of anilines is 1. The van der Waals surface area contributed by atoms with Gasteiger partial charge in [0.05, 0.1) is 5.02 Å². The molecule has 1 N–H and O–H groups in total. The van der Waals surface area contributed by atoms with Gasteiger partial charge in [-0.1, -0.05) is 23.7 Å². The van der Waals surface area contributed by atoms with Crippen molar-refractivity contribution < 1.29 is 13.9 Å². The molecule has 0 saturated carbocycles. The van der Waals surface area contributed by atoms with E-state index in [1.807, 2.05) is 32.0 Å². The maximum Gasteiger partial charge on any atom is 0.262 e. The van der Waals surface area contributed by atoms with Crippen molar-refractivity contribution in [3.05, 3.63) is 58.4 Å². The Kier molecular flexibility index (Phi) is 4.81. The zero-order valence-electron chi connectivity index (χ0n) is 11.7. The molecule has 0 saturated heterocycles. The Hall–Kier alpha value is -2.07. The molecule has 0 radical (unpaired) electrons. The molecule has 0 aromatic heterocycles. The molecular weight excluding hydrogens is 293 g/mol. The molecule has 2 aromatic rings. The van der Waals surface area contributed by atoms with E-state index in [0.29, 0.717) is 11.4 Å². The summed E-state index contributed by atoms with van der Waals surface area (Å²) in [6.07, 6.45) is 0. The van der Waals surface area contributed by atoms with E-state index in [0.717, 1.165) is 11.1 Å². The molecule has 0 fully saturated rings. The van der Waals surface area contributed by atoms with Gasteiger partial charge in [0.1, 0.15) is 11.6 Å². The van der Waals surface area contributed by atoms with E-state index in [1.54, 1.807) is 0 Å². The molecule has 0 spiro atoms. The van der Waals surface area contributed by atoms with Crippen LogP contribution in [0.2, 0.25) is 5.02 Å². The number of nitrogens with one attached hydrogen (secondary N) is 1. The van der Waals surface area contributed by atoms with Crippen molar-refractivity contribution in [3.8, 4) is 5.75 Å². The van der Waals surface area contributed by atoms with Gasteiger partial charge in [0.25, 0.3) is 5.91 Å². The minimum atomic E-state index is -0.527. The summed E-state index contributed by atoms with van der Waals surface area (Å²) in [5.41, 5.74) is 2.44. The fourth-order valence-electron chi connectivity index (χ4n) is 1.78. The van der Waals surface area contributed by atoms with Crippen molar-refractivity contribution >= 4 is 23.2 Å². The Morgan fingerprint density at radius 2 is 2.00 bits per heavy atom. The summed E-state index contributed by atoms with van der Waals surface area (Å²) in [6.45, 7) is 3.73. The molecule has 0 atom stereocenters. The fourth-order valence-corrected chi connectivity index (χ4v) is 1.96. The van der Waals surface area contributed by atoms with E-state index in [9.17, 15) is 9.18 Å². The average Bonchev–Trinajstić information content (AvgIpc) is 2.44. The lowest BCUT2D eigenvalue weighted by molar-refractivity contribution is -0.118. The van der Waals surface area contributed by atoms with Crippen LogP contribution in [0.25, 0.3) is 0 Å². The van der Waals surface area contributed by atoms with Gasteiger partial charge >= 0.3 is 0 Å². The van der Waals surface area contributed by atoms with Crippen molar-refractivity contribution in [1.29, 1.82) is 0 Å². The summed E-state index contributed by atoms with van der Waals surface area (Å²) in [5, 5.41) is 2.56. The summed E-state index contributed by atoms with van der Waals surface area (Å²) in [5.74, 6) is -0.192. The SMILES string of the molecule is Cc1ccc(C)c(OCC(=O)Nc2ccc(F)c(Cl)c2)c1. The standard InChI is InChI=1S/C16H15ClFNO2/c1-10-3-4-11(2)15(7-10)21-9-16(20)19-12-5-6-14(18)13(17)8-12/h3-8H,9H2,1-2H3,(H,19,20). The van der Waals surface area contributed by atoms with Crippen LogP contribution < -0.4 is 10.1 Å². The molecule has 2 rings (SSSR count). The maximum absolute atomic E-state index is 13.0. The van der Waals surface area contributed by atoms with Crippen molar-refractivity contribution in [2.45, 2.75) is 13.8 Å². The molecule has 0 aliphatic carbocycles. The molecule has 21 heavy (non-hydrogen) atoms. The Morgan fingerprint density at radius 1 is 1.24 bits per heavy atom. The van der Waals surface area contributed by atoms with Gasteiger partial charge in [-0.3, -0.25) is 4.79 Å². The summed E-state index contributed by atoms with van der Waals surface area (Å²) in [4.78, 5) is 11.8. The molecule has 0 bridgehead atoms. The highest BCUT2D eigenvalue weighted by Gasteiger charge is 2.07. The van der Waals surface area contributed by atoms with Crippen LogP contribution in [0.4, 0.5) is 10.1 Å². The third kappa shape index (κ3) is 4.20. The number of hydrogen-bond donors (Lipinski definition) is 1. The zero-order chi connectivity index (χ0) is 15.4. The summed E-state index contributed by atoms with van der Waals surface area (Å²) in [7, 11) is 0. The molecule has 1 amide bonds. The van der Waals surface area contributed by atoms with Gasteiger partial charge in [0.15, 0.2) is 6.61 Å². The third-order valence-corrected chi connectivity index (χ3v) is 3.20. The lowest BCUT2D eigenvalue weighted by Crippen LogP contribution is -2.20. The van der Waals surface area contributed by atoms with E-state index in [-0.39, 0.29) is 17.5 Å². The van der Waals surface area contributed by atoms with Gasteiger partial charge in [-0.2, -0.15) is 0 Å². The number of halogens is 2. The van der Waals surface area contributed by atoms with Crippen LogP contribution in [-0.2, 0) is 4.79 Å². The first-order chi connectivity index (χ1) is 9.95. The van der Waals surface area contributed by atoms with E-state index in [2.05, 4.69) is 5.32 Å². The number of rotatable bonds is 4. The van der Waals surface area contributed by atoms with Gasteiger partial charge in [-0.05, 0) is 49.2 Å². The summed E-state index contributed by atoms with van der Waals surface area (Å²) < 4.78 is 18.5. The van der Waals surface area contributed by atoms with Gasteiger partial charge in [-0.25, -0.2) is 4.39 Å². The molecule has 0 heterocycles. The number of carbonyl (C=O) groups is 1. The van der Waals surface area contributed by atoms with Crippen LogP contribution >= 0.6 is 11.6 Å². The Morgan fingerprint density at radius 3 is 2.71 bits per heavy atom. The highest BCUT2D eigenvalue weighted by molar-refractivity contribution is 6.31. The largest absolute Gasteiger partial charge is 0.483 e. The number of amides is 1. The molecule has 3 nitrogen and oxygen atoms in total. The van der Waals surface area contributed by atoms with Crippen molar-refractivity contribution in [3.63, 3.8) is 0 Å². The van der Waals surface area contributed by atoms with Crippen LogP contribution in [0.5, 0.6) is 5.75 Å². The van der Waals surface area contributed by atoms with Gasteiger partial charge in [0, 0.05) is 5.69 Å². The highest BCUT2D eigenvalue weighted by atomic mass is 35.5. The molecular formula is C16H15ClFNO2. The predicted molar refractivity (Wildman–Crippen MR) is 81.5 cm³/mol. The van der Waals surface area contributed by atoms with Gasteiger partial charge in [0.2, 0.25) is 0 Å². The minimum Gasteiger partial charge on any atom is -0.483 e. The Labute approximate surface area is 127 Å². The van der Waals surface area contributed by atoms with Gasteiger partial charge < -0.3 is 10.1 Å². The lowest BCUT2D eigenvalue weighted by Gasteiger charge is -2.10. The fraction of sp³-hybridized carbons (Fsp3) is 0.188. The second-order valence-electron chi connectivity index (χ2n) is 4.73. The number of benzene rings is 2. The van der Waals surface area contributed by atoms with E-state index in [4.69, 9.17) is 16.3 Å². The first kappa shape index (κ1) is 15.3. The van der Waals surface area contributed by atoms with Crippen molar-refractivity contribution in [2.24, 2.45) is 0 Å². The maximum atomic E-state index is 13.0. The first-order valence-corrected chi connectivity index (χ1v) is 6.78. The number of aryl methyl sites for hydroxylation is 2. The molecule has 0 aliphatic rings. The second kappa shape index (κ2) is 6.59. The van der Waals surface area contributed by atoms with E-state index in [1.165, 1.54) is 18.2 Å². The van der Waals surface area contributed by atoms with Crippen molar-refractivity contribution in [2.75, 3.05) is 11.9 Å². The first-order valence-electron chi connectivity index (χ1n) is 6.40. The topological polar surface area (TPSA) is 38.3 Å². The minimum absolute atomic E-state index is 0.0387. The van der Waals surface area contributed by atoms with Gasteiger partial charge in [-0.15, -0.1) is 0 Å².